The van der Waals surface area contributed by atoms with E-state index in [1.165, 1.54) is 0 Å². The Balaban J connectivity index is 2.53. The first-order chi connectivity index (χ1) is 9.12. The third-order valence-corrected chi connectivity index (χ3v) is 6.49. The van der Waals surface area contributed by atoms with Crippen LogP contribution in [0.2, 0.25) is 0 Å². The van der Waals surface area contributed by atoms with Crippen molar-refractivity contribution in [1.82, 2.24) is 0 Å². The van der Waals surface area contributed by atoms with Gasteiger partial charge >= 0.3 is 8.56 Å². The minimum absolute atomic E-state index is 0.719. The maximum Gasteiger partial charge on any atom is 0.406 e. The lowest BCUT2D eigenvalue weighted by Gasteiger charge is -2.28. The highest BCUT2D eigenvalue weighted by Gasteiger charge is 2.40. The molecule has 0 bridgehead atoms. The summed E-state index contributed by atoms with van der Waals surface area (Å²) in [4.78, 5) is 0. The van der Waals surface area contributed by atoms with Crippen molar-refractivity contribution in [3.63, 3.8) is 0 Å². The third kappa shape index (κ3) is 2.48. The molecule has 0 atom stereocenters. The summed E-state index contributed by atoms with van der Waals surface area (Å²) in [5.41, 5.74) is 12.9. The number of nitrogens with two attached hydrogens (primary N) is 2. The van der Waals surface area contributed by atoms with Crippen LogP contribution in [0.5, 0.6) is 0 Å². The van der Waals surface area contributed by atoms with Gasteiger partial charge in [-0.05, 0) is 34.6 Å². The van der Waals surface area contributed by atoms with E-state index in [2.05, 4.69) is 0 Å². The van der Waals surface area contributed by atoms with Crippen LogP contribution >= 0.6 is 0 Å². The number of rotatable bonds is 4. The van der Waals surface area contributed by atoms with Gasteiger partial charge < -0.3 is 20.3 Å². The Hall–Kier alpha value is -1.82. The smallest absolute Gasteiger partial charge is 0.399 e. The van der Waals surface area contributed by atoms with E-state index in [0.29, 0.717) is 0 Å². The van der Waals surface area contributed by atoms with Gasteiger partial charge in [0.15, 0.2) is 0 Å². The van der Waals surface area contributed by atoms with Crippen LogP contribution < -0.4 is 21.8 Å². The second kappa shape index (κ2) is 5.44. The van der Waals surface area contributed by atoms with Gasteiger partial charge in [0, 0.05) is 25.6 Å². The van der Waals surface area contributed by atoms with Crippen molar-refractivity contribution < 1.29 is 8.85 Å². The normalized spacial score (nSPS) is 11.5. The van der Waals surface area contributed by atoms with Gasteiger partial charge in [-0.3, -0.25) is 0 Å². The molecule has 0 aromatic heterocycles. The highest BCUT2D eigenvalue weighted by molar-refractivity contribution is 6.92. The molecule has 19 heavy (non-hydrogen) atoms. The highest BCUT2D eigenvalue weighted by Crippen LogP contribution is 2.10. The molecule has 0 saturated carbocycles. The molecule has 0 aliphatic heterocycles. The summed E-state index contributed by atoms with van der Waals surface area (Å²) >= 11 is 0. The van der Waals surface area contributed by atoms with E-state index in [1.54, 1.807) is 14.2 Å². The van der Waals surface area contributed by atoms with Crippen LogP contribution in [0.3, 0.4) is 0 Å². The fraction of sp³-hybridized carbons (Fsp3) is 0.143. The van der Waals surface area contributed by atoms with Crippen LogP contribution in [-0.4, -0.2) is 22.8 Å². The van der Waals surface area contributed by atoms with E-state index in [0.717, 1.165) is 21.7 Å². The van der Waals surface area contributed by atoms with Crippen LogP contribution in [0.4, 0.5) is 11.4 Å². The molecule has 0 unspecified atom stereocenters. The maximum absolute atomic E-state index is 5.77. The molecule has 4 N–H and O–H groups in total. The lowest BCUT2D eigenvalue weighted by molar-refractivity contribution is 0.273. The van der Waals surface area contributed by atoms with E-state index in [4.69, 9.17) is 20.3 Å². The quantitative estimate of drug-likeness (QED) is 0.636. The number of benzene rings is 2. The lowest BCUT2D eigenvalue weighted by Crippen LogP contribution is -2.62. The maximum atomic E-state index is 5.77. The molecule has 0 fully saturated rings. The molecule has 2 aromatic rings. The van der Waals surface area contributed by atoms with Crippen molar-refractivity contribution in [2.75, 3.05) is 25.7 Å². The molecule has 0 heterocycles. The predicted octanol–water partition coefficient (Wildman–Crippen LogP) is 0.700. The predicted molar refractivity (Wildman–Crippen MR) is 80.7 cm³/mol. The minimum Gasteiger partial charge on any atom is -0.399 e. The van der Waals surface area contributed by atoms with E-state index < -0.39 is 8.56 Å². The molecular weight excluding hydrogens is 256 g/mol. The Morgan fingerprint density at radius 1 is 0.684 bits per heavy atom. The van der Waals surface area contributed by atoms with Crippen molar-refractivity contribution in [1.29, 1.82) is 0 Å². The van der Waals surface area contributed by atoms with Crippen molar-refractivity contribution in [2.45, 2.75) is 0 Å². The van der Waals surface area contributed by atoms with Gasteiger partial charge in [0.05, 0.1) is 0 Å². The minimum atomic E-state index is -2.65. The van der Waals surface area contributed by atoms with Crippen LogP contribution in [0.1, 0.15) is 0 Å². The number of hydrogen-bond acceptors (Lipinski definition) is 4. The van der Waals surface area contributed by atoms with E-state index in [1.807, 2.05) is 48.5 Å². The van der Waals surface area contributed by atoms with Crippen LogP contribution in [0.15, 0.2) is 48.5 Å². The van der Waals surface area contributed by atoms with Crippen molar-refractivity contribution >= 4 is 30.3 Å². The molecule has 0 saturated heterocycles. The van der Waals surface area contributed by atoms with Gasteiger partial charge in [0.1, 0.15) is 0 Å². The summed E-state index contributed by atoms with van der Waals surface area (Å²) in [6.45, 7) is 0. The fourth-order valence-electron chi connectivity index (χ4n) is 2.13. The van der Waals surface area contributed by atoms with Gasteiger partial charge in [-0.25, -0.2) is 0 Å². The van der Waals surface area contributed by atoms with E-state index in [9.17, 15) is 0 Å². The zero-order valence-corrected chi connectivity index (χ0v) is 12.1. The Morgan fingerprint density at radius 3 is 1.26 bits per heavy atom. The van der Waals surface area contributed by atoms with Gasteiger partial charge in [-0.15, -0.1) is 0 Å². The first-order valence-electron chi connectivity index (χ1n) is 5.94. The molecule has 0 aliphatic rings. The summed E-state index contributed by atoms with van der Waals surface area (Å²) in [6.07, 6.45) is 0. The molecule has 2 rings (SSSR count). The third-order valence-electron chi connectivity index (χ3n) is 3.16. The van der Waals surface area contributed by atoms with Crippen LogP contribution in [-0.2, 0) is 8.85 Å². The summed E-state index contributed by atoms with van der Waals surface area (Å²) in [5.74, 6) is 0. The average Bonchev–Trinajstić information content (AvgIpc) is 2.44. The Bertz CT molecular complexity index is 489. The monoisotopic (exact) mass is 274 g/mol. The van der Waals surface area contributed by atoms with Crippen molar-refractivity contribution in [2.24, 2.45) is 0 Å². The molecular formula is C14H18N2O2Si. The molecule has 4 nitrogen and oxygen atoms in total. The second-order valence-electron chi connectivity index (χ2n) is 4.27. The number of hydrogen-bond donors (Lipinski definition) is 2. The summed E-state index contributed by atoms with van der Waals surface area (Å²) in [6, 6.07) is 15.2. The first-order valence-corrected chi connectivity index (χ1v) is 7.76. The number of anilines is 2. The molecule has 0 aliphatic carbocycles. The molecule has 2 aromatic carbocycles. The Kier molecular flexibility index (Phi) is 3.89. The standard InChI is InChI=1S/C14H18N2O2Si/c1-17-19(18-2,13-7-3-11(15)4-8-13)14-9-5-12(16)6-10-14/h3-10H,15-16H2,1-2H3. The SMILES string of the molecule is CO[Si](OC)(c1ccc(N)cc1)c1ccc(N)cc1. The van der Waals surface area contributed by atoms with E-state index >= 15 is 0 Å². The molecule has 0 radical (unpaired) electrons. The summed E-state index contributed by atoms with van der Waals surface area (Å²) in [7, 11) is 0.686. The van der Waals surface area contributed by atoms with E-state index in [-0.39, 0.29) is 0 Å². The molecule has 100 valence electrons. The highest BCUT2D eigenvalue weighted by atomic mass is 28.4. The summed E-state index contributed by atoms with van der Waals surface area (Å²) < 4.78 is 11.5. The lowest BCUT2D eigenvalue weighted by atomic mass is 10.3. The first kappa shape index (κ1) is 13.6. The van der Waals surface area contributed by atoms with Crippen LogP contribution in [0, 0.1) is 0 Å². The second-order valence-corrected chi connectivity index (χ2v) is 7.47. The molecule has 5 heteroatoms. The van der Waals surface area contributed by atoms with Crippen molar-refractivity contribution in [3.05, 3.63) is 48.5 Å². The fourth-order valence-corrected chi connectivity index (χ4v) is 4.78. The zero-order valence-electron chi connectivity index (χ0n) is 11.1. The Morgan fingerprint density at radius 2 is 1.00 bits per heavy atom. The van der Waals surface area contributed by atoms with Gasteiger partial charge in [0.25, 0.3) is 0 Å². The zero-order chi connectivity index (χ0) is 13.9. The van der Waals surface area contributed by atoms with Crippen LogP contribution in [0.25, 0.3) is 0 Å². The molecule has 0 spiro atoms. The van der Waals surface area contributed by atoms with Gasteiger partial charge in [-0.1, -0.05) is 24.3 Å². The average molecular weight is 274 g/mol. The largest absolute Gasteiger partial charge is 0.406 e. The van der Waals surface area contributed by atoms with Crippen molar-refractivity contribution in [3.8, 4) is 0 Å². The van der Waals surface area contributed by atoms with Gasteiger partial charge in [0.2, 0.25) is 0 Å². The summed E-state index contributed by atoms with van der Waals surface area (Å²) in [5, 5.41) is 2.02. The number of nitrogen functional groups attached to an aromatic ring is 2. The molecule has 0 amide bonds. The van der Waals surface area contributed by atoms with Gasteiger partial charge in [-0.2, -0.15) is 0 Å². The topological polar surface area (TPSA) is 70.5 Å². The Labute approximate surface area is 114 Å².